The Morgan fingerprint density at radius 2 is 2.21 bits per heavy atom. The molecule has 2 aliphatic rings. The van der Waals surface area contributed by atoms with Crippen molar-refractivity contribution in [2.24, 2.45) is 5.92 Å². The third-order valence-corrected chi connectivity index (χ3v) is 3.07. The van der Waals surface area contributed by atoms with Gasteiger partial charge in [-0.25, -0.2) is 0 Å². The zero-order valence-corrected chi connectivity index (χ0v) is 8.33. The molecule has 3 N–H and O–H groups in total. The molecule has 14 heavy (non-hydrogen) atoms. The first-order valence-electron chi connectivity index (χ1n) is 5.47. The molecule has 1 aliphatic heterocycles. The second-order valence-corrected chi connectivity index (χ2v) is 4.36. The number of rotatable bonds is 4. The zero-order valence-electron chi connectivity index (χ0n) is 8.33. The Balaban J connectivity index is 1.82. The largest absolute Gasteiger partial charge is 0.480 e. The van der Waals surface area contributed by atoms with Gasteiger partial charge in [-0.05, 0) is 38.1 Å². The Morgan fingerprint density at radius 3 is 2.71 bits per heavy atom. The second kappa shape index (κ2) is 4.28. The first kappa shape index (κ1) is 9.93. The molecule has 0 aromatic heterocycles. The van der Waals surface area contributed by atoms with Crippen molar-refractivity contribution in [1.29, 1.82) is 0 Å². The summed E-state index contributed by atoms with van der Waals surface area (Å²) >= 11 is 0. The summed E-state index contributed by atoms with van der Waals surface area (Å²) in [6, 6.07) is 0.0466. The summed E-state index contributed by atoms with van der Waals surface area (Å²) in [6.45, 7) is 1.98. The van der Waals surface area contributed by atoms with E-state index in [2.05, 4.69) is 10.6 Å². The van der Waals surface area contributed by atoms with E-state index in [1.807, 2.05) is 0 Å². The van der Waals surface area contributed by atoms with Gasteiger partial charge in [0, 0.05) is 12.6 Å². The lowest BCUT2D eigenvalue weighted by molar-refractivity contribution is -0.140. The molecule has 80 valence electrons. The van der Waals surface area contributed by atoms with Gasteiger partial charge in [-0.15, -0.1) is 0 Å². The number of hydrogen-bond donors (Lipinski definition) is 3. The lowest BCUT2D eigenvalue weighted by Crippen LogP contribution is -2.50. The molecule has 2 unspecified atom stereocenters. The maximum atomic E-state index is 11.0. The topological polar surface area (TPSA) is 61.4 Å². The fraction of sp³-hybridized carbons (Fsp3) is 0.900. The Kier molecular flexibility index (Phi) is 3.03. The highest BCUT2D eigenvalue weighted by molar-refractivity contribution is 5.74. The molecule has 2 atom stereocenters. The highest BCUT2D eigenvalue weighted by atomic mass is 16.4. The van der Waals surface area contributed by atoms with Gasteiger partial charge >= 0.3 is 5.97 Å². The van der Waals surface area contributed by atoms with Gasteiger partial charge in [0.05, 0.1) is 0 Å². The van der Waals surface area contributed by atoms with Crippen molar-refractivity contribution < 1.29 is 9.90 Å². The third kappa shape index (κ3) is 2.45. The number of carbonyl (C=O) groups is 1. The minimum absolute atomic E-state index is 0.306. The van der Waals surface area contributed by atoms with E-state index in [1.54, 1.807) is 0 Å². The van der Waals surface area contributed by atoms with Crippen molar-refractivity contribution in [2.45, 2.75) is 37.8 Å². The summed E-state index contributed by atoms with van der Waals surface area (Å²) in [5, 5.41) is 15.6. The summed E-state index contributed by atoms with van der Waals surface area (Å²) in [7, 11) is 0. The van der Waals surface area contributed by atoms with Crippen molar-refractivity contribution in [2.75, 3.05) is 13.1 Å². The fourth-order valence-corrected chi connectivity index (χ4v) is 2.09. The van der Waals surface area contributed by atoms with E-state index in [4.69, 9.17) is 5.11 Å². The summed E-state index contributed by atoms with van der Waals surface area (Å²) in [4.78, 5) is 11.0. The van der Waals surface area contributed by atoms with E-state index in [1.165, 1.54) is 0 Å². The molecule has 1 heterocycles. The van der Waals surface area contributed by atoms with Crippen LogP contribution in [0.25, 0.3) is 0 Å². The molecule has 4 heteroatoms. The highest BCUT2D eigenvalue weighted by Crippen LogP contribution is 2.33. The van der Waals surface area contributed by atoms with E-state index in [0.717, 1.165) is 38.8 Å². The van der Waals surface area contributed by atoms with E-state index in [0.29, 0.717) is 12.0 Å². The number of carboxylic acids is 1. The SMILES string of the molecule is O=C(O)C(NC1CCCNC1)C1CC1. The third-order valence-electron chi connectivity index (χ3n) is 3.07. The number of aliphatic carboxylic acids is 1. The first-order chi connectivity index (χ1) is 6.77. The number of piperidine rings is 1. The van der Waals surface area contributed by atoms with E-state index in [9.17, 15) is 4.79 Å². The quantitative estimate of drug-likeness (QED) is 0.603. The lowest BCUT2D eigenvalue weighted by Gasteiger charge is -2.27. The first-order valence-corrected chi connectivity index (χ1v) is 5.47. The van der Waals surface area contributed by atoms with Crippen molar-refractivity contribution in [1.82, 2.24) is 10.6 Å². The molecule has 0 aromatic rings. The standard InChI is InChI=1S/C10H18N2O2/c13-10(14)9(7-3-4-7)12-8-2-1-5-11-6-8/h7-9,11-12H,1-6H2,(H,13,14). The molecule has 1 saturated carbocycles. The predicted molar refractivity (Wildman–Crippen MR) is 53.2 cm³/mol. The van der Waals surface area contributed by atoms with Crippen molar-refractivity contribution in [3.8, 4) is 0 Å². The minimum atomic E-state index is -0.682. The molecule has 0 spiro atoms. The van der Waals surface area contributed by atoms with Gasteiger partial charge in [0.1, 0.15) is 6.04 Å². The van der Waals surface area contributed by atoms with Crippen molar-refractivity contribution >= 4 is 5.97 Å². The number of hydrogen-bond acceptors (Lipinski definition) is 3. The number of nitrogens with one attached hydrogen (secondary N) is 2. The van der Waals surface area contributed by atoms with Crippen molar-refractivity contribution in [3.63, 3.8) is 0 Å². The van der Waals surface area contributed by atoms with Gasteiger partial charge in [0.25, 0.3) is 0 Å². The summed E-state index contributed by atoms with van der Waals surface area (Å²) in [5.74, 6) is -0.299. The van der Waals surface area contributed by atoms with Crippen LogP contribution < -0.4 is 10.6 Å². The molecule has 1 aliphatic carbocycles. The smallest absolute Gasteiger partial charge is 0.320 e. The van der Waals surface area contributed by atoms with Crippen molar-refractivity contribution in [3.05, 3.63) is 0 Å². The van der Waals surface area contributed by atoms with E-state index < -0.39 is 5.97 Å². The average Bonchev–Trinajstić information content (AvgIpc) is 2.99. The molecular formula is C10H18N2O2. The van der Waals surface area contributed by atoms with Crippen LogP contribution in [0.2, 0.25) is 0 Å². The predicted octanol–water partition coefficient (Wildman–Crippen LogP) is 0.191. The maximum absolute atomic E-state index is 11.0. The summed E-state index contributed by atoms with van der Waals surface area (Å²) in [6.07, 6.45) is 4.40. The van der Waals surface area contributed by atoms with Gasteiger partial charge in [0.2, 0.25) is 0 Å². The Bertz CT molecular complexity index is 210. The molecule has 4 nitrogen and oxygen atoms in total. The zero-order chi connectivity index (χ0) is 9.97. The van der Waals surface area contributed by atoms with E-state index in [-0.39, 0.29) is 6.04 Å². The average molecular weight is 198 g/mol. The monoisotopic (exact) mass is 198 g/mol. The van der Waals surface area contributed by atoms with Gasteiger partial charge < -0.3 is 15.7 Å². The molecule has 1 saturated heterocycles. The Hall–Kier alpha value is -0.610. The van der Waals surface area contributed by atoms with Gasteiger partial charge in [-0.1, -0.05) is 0 Å². The van der Waals surface area contributed by atoms with Crippen LogP contribution in [0.5, 0.6) is 0 Å². The molecule has 2 rings (SSSR count). The molecule has 0 radical (unpaired) electrons. The molecule has 0 aromatic carbocycles. The van der Waals surface area contributed by atoms with Crippen LogP contribution in [0.4, 0.5) is 0 Å². The molecule has 0 amide bonds. The second-order valence-electron chi connectivity index (χ2n) is 4.36. The summed E-state index contributed by atoms with van der Waals surface area (Å²) in [5.41, 5.74) is 0. The molecular weight excluding hydrogens is 180 g/mol. The van der Waals surface area contributed by atoms with Gasteiger partial charge in [-0.3, -0.25) is 4.79 Å². The minimum Gasteiger partial charge on any atom is -0.480 e. The van der Waals surface area contributed by atoms with Crippen LogP contribution in [-0.2, 0) is 4.79 Å². The van der Waals surface area contributed by atoms with Crippen LogP contribution in [0.1, 0.15) is 25.7 Å². The van der Waals surface area contributed by atoms with Gasteiger partial charge in [0.15, 0.2) is 0 Å². The Labute approximate surface area is 84.1 Å². The van der Waals surface area contributed by atoms with Crippen LogP contribution in [0.15, 0.2) is 0 Å². The maximum Gasteiger partial charge on any atom is 0.320 e. The fourth-order valence-electron chi connectivity index (χ4n) is 2.09. The number of carboxylic acid groups (broad SMARTS) is 1. The van der Waals surface area contributed by atoms with Crippen LogP contribution >= 0.6 is 0 Å². The van der Waals surface area contributed by atoms with Crippen LogP contribution in [-0.4, -0.2) is 36.2 Å². The van der Waals surface area contributed by atoms with Gasteiger partial charge in [-0.2, -0.15) is 0 Å². The van der Waals surface area contributed by atoms with Crippen LogP contribution in [0, 0.1) is 5.92 Å². The normalized spacial score (nSPS) is 29.9. The molecule has 2 fully saturated rings. The van der Waals surface area contributed by atoms with E-state index >= 15 is 0 Å². The van der Waals surface area contributed by atoms with Crippen LogP contribution in [0.3, 0.4) is 0 Å². The molecule has 0 bridgehead atoms. The Morgan fingerprint density at radius 1 is 1.43 bits per heavy atom. The highest BCUT2D eigenvalue weighted by Gasteiger charge is 2.37. The summed E-state index contributed by atoms with van der Waals surface area (Å²) < 4.78 is 0. The lowest BCUT2D eigenvalue weighted by atomic mass is 10.0.